The van der Waals surface area contributed by atoms with Gasteiger partial charge in [-0.1, -0.05) is 12.8 Å². The van der Waals surface area contributed by atoms with E-state index in [4.69, 9.17) is 0 Å². The average molecular weight is 412 g/mol. The second-order valence-corrected chi connectivity index (χ2v) is 9.06. The number of aryl methyl sites for hydroxylation is 1. The van der Waals surface area contributed by atoms with Crippen LogP contribution in [0.5, 0.6) is 0 Å². The quantitative estimate of drug-likeness (QED) is 0.774. The molecule has 2 amide bonds. The highest BCUT2D eigenvalue weighted by molar-refractivity contribution is 6.05. The van der Waals surface area contributed by atoms with E-state index in [1.807, 2.05) is 27.5 Å². The highest BCUT2D eigenvalue weighted by atomic mass is 16.2. The fourth-order valence-electron chi connectivity index (χ4n) is 4.78. The van der Waals surface area contributed by atoms with Crippen LogP contribution in [0.25, 0.3) is 11.0 Å². The molecule has 7 nitrogen and oxygen atoms in total. The third-order valence-corrected chi connectivity index (χ3v) is 6.39. The van der Waals surface area contributed by atoms with E-state index in [9.17, 15) is 9.59 Å². The minimum Gasteiger partial charge on any atom is -0.342 e. The van der Waals surface area contributed by atoms with Gasteiger partial charge in [-0.05, 0) is 52.5 Å². The van der Waals surface area contributed by atoms with Crippen molar-refractivity contribution in [1.29, 1.82) is 0 Å². The zero-order valence-corrected chi connectivity index (χ0v) is 18.4. The molecule has 2 saturated heterocycles. The summed E-state index contributed by atoms with van der Waals surface area (Å²) in [6, 6.07) is 2.03. The van der Waals surface area contributed by atoms with Gasteiger partial charge in [-0.15, -0.1) is 0 Å². The maximum absolute atomic E-state index is 13.5. The lowest BCUT2D eigenvalue weighted by atomic mass is 9.95. The van der Waals surface area contributed by atoms with Gasteiger partial charge in [-0.3, -0.25) is 9.59 Å². The van der Waals surface area contributed by atoms with Crippen LogP contribution >= 0.6 is 0 Å². The van der Waals surface area contributed by atoms with Crippen molar-refractivity contribution < 1.29 is 9.59 Å². The zero-order valence-electron chi connectivity index (χ0n) is 18.4. The first-order valence-electron chi connectivity index (χ1n) is 11.4. The first-order valence-corrected chi connectivity index (χ1v) is 11.4. The summed E-state index contributed by atoms with van der Waals surface area (Å²) < 4.78 is 1.86. The molecular weight excluding hydrogens is 378 g/mol. The molecule has 2 aromatic heterocycles. The summed E-state index contributed by atoms with van der Waals surface area (Å²) in [4.78, 5) is 35.1. The van der Waals surface area contributed by atoms with Gasteiger partial charge in [0.1, 0.15) is 0 Å². The van der Waals surface area contributed by atoms with Crippen LogP contribution in [-0.2, 0) is 4.79 Å². The van der Waals surface area contributed by atoms with Crippen molar-refractivity contribution >= 4 is 22.8 Å². The Morgan fingerprint density at radius 2 is 1.73 bits per heavy atom. The number of hydrogen-bond acceptors (Lipinski definition) is 4. The minimum absolute atomic E-state index is 0.0119. The largest absolute Gasteiger partial charge is 0.342 e. The highest BCUT2D eigenvalue weighted by Gasteiger charge is 2.32. The van der Waals surface area contributed by atoms with Gasteiger partial charge >= 0.3 is 0 Å². The van der Waals surface area contributed by atoms with E-state index in [2.05, 4.69) is 23.9 Å². The van der Waals surface area contributed by atoms with Crippen molar-refractivity contribution in [2.75, 3.05) is 26.2 Å². The number of piperidine rings is 1. The maximum Gasteiger partial charge on any atom is 0.254 e. The number of carbonyl (C=O) groups excluding carboxylic acids is 2. The molecule has 162 valence electrons. The molecule has 0 aliphatic carbocycles. The molecule has 4 heterocycles. The first-order chi connectivity index (χ1) is 14.5. The van der Waals surface area contributed by atoms with Crippen molar-refractivity contribution in [3.05, 3.63) is 23.5 Å². The van der Waals surface area contributed by atoms with Crippen LogP contribution in [-0.4, -0.2) is 62.6 Å². The number of likely N-dealkylation sites (tertiary alicyclic amines) is 2. The summed E-state index contributed by atoms with van der Waals surface area (Å²) in [6.45, 7) is 8.96. The fraction of sp³-hybridized carbons (Fsp3) is 0.652. The molecule has 0 N–H and O–H groups in total. The van der Waals surface area contributed by atoms with Crippen LogP contribution in [0.1, 0.15) is 74.5 Å². The fourth-order valence-corrected chi connectivity index (χ4v) is 4.78. The summed E-state index contributed by atoms with van der Waals surface area (Å²) in [5.41, 5.74) is 2.21. The Bertz CT molecular complexity index is 927. The summed E-state index contributed by atoms with van der Waals surface area (Å²) in [5, 5.41) is 5.25. The smallest absolute Gasteiger partial charge is 0.254 e. The van der Waals surface area contributed by atoms with Gasteiger partial charge < -0.3 is 9.80 Å². The summed E-state index contributed by atoms with van der Waals surface area (Å²) in [6.07, 6.45) is 8.09. The normalized spacial score (nSPS) is 20.6. The van der Waals surface area contributed by atoms with Gasteiger partial charge in [-0.25, -0.2) is 9.67 Å². The van der Waals surface area contributed by atoms with Gasteiger partial charge in [0.15, 0.2) is 5.65 Å². The first kappa shape index (κ1) is 20.8. The van der Waals surface area contributed by atoms with Crippen LogP contribution in [0.15, 0.2) is 12.3 Å². The second-order valence-electron chi connectivity index (χ2n) is 9.06. The molecule has 1 atom stereocenters. The van der Waals surface area contributed by atoms with Crippen LogP contribution < -0.4 is 0 Å². The molecule has 7 heteroatoms. The number of amides is 2. The maximum atomic E-state index is 13.5. The number of pyridine rings is 1. The van der Waals surface area contributed by atoms with Crippen molar-refractivity contribution in [2.24, 2.45) is 5.92 Å². The molecule has 2 aliphatic heterocycles. The summed E-state index contributed by atoms with van der Waals surface area (Å²) in [7, 11) is 0. The number of aromatic nitrogens is 3. The van der Waals surface area contributed by atoms with Crippen molar-refractivity contribution in [1.82, 2.24) is 24.6 Å². The van der Waals surface area contributed by atoms with Gasteiger partial charge in [0.25, 0.3) is 5.91 Å². The van der Waals surface area contributed by atoms with E-state index in [1.54, 1.807) is 6.20 Å². The minimum atomic E-state index is -0.0855. The van der Waals surface area contributed by atoms with E-state index >= 15 is 0 Å². The third kappa shape index (κ3) is 4.07. The SMILES string of the molecule is Cc1cc(C(=O)N2CCCC(C(=O)N3CCCCCC3)C2)c2cnn(C(C)C)c2n1. The Labute approximate surface area is 178 Å². The van der Waals surface area contributed by atoms with E-state index in [1.165, 1.54) is 12.8 Å². The molecule has 1 unspecified atom stereocenters. The Kier molecular flexibility index (Phi) is 6.06. The van der Waals surface area contributed by atoms with Crippen LogP contribution in [0.2, 0.25) is 0 Å². The second kappa shape index (κ2) is 8.74. The molecule has 30 heavy (non-hydrogen) atoms. The van der Waals surface area contributed by atoms with Crippen molar-refractivity contribution in [3.63, 3.8) is 0 Å². The zero-order chi connectivity index (χ0) is 21.3. The van der Waals surface area contributed by atoms with Gasteiger partial charge in [0.2, 0.25) is 5.91 Å². The van der Waals surface area contributed by atoms with E-state index < -0.39 is 0 Å². The number of nitrogens with zero attached hydrogens (tertiary/aromatic N) is 5. The van der Waals surface area contributed by atoms with Gasteiger partial charge in [0.05, 0.1) is 23.1 Å². The average Bonchev–Trinajstić information content (AvgIpc) is 2.98. The molecule has 0 saturated carbocycles. The Morgan fingerprint density at radius 3 is 2.43 bits per heavy atom. The standard InChI is InChI=1S/C23H33N5O2/c1-16(2)28-21-20(14-24-28)19(13-17(3)25-21)23(30)27-12-8-9-18(15-27)22(29)26-10-6-4-5-7-11-26/h13-14,16,18H,4-12,15H2,1-3H3. The summed E-state index contributed by atoms with van der Waals surface area (Å²) in [5.74, 6) is 0.137. The van der Waals surface area contributed by atoms with Crippen LogP contribution in [0.3, 0.4) is 0 Å². The predicted octanol–water partition coefficient (Wildman–Crippen LogP) is 3.58. The number of fused-ring (bicyclic) bond motifs is 1. The molecule has 0 radical (unpaired) electrons. The number of hydrogen-bond donors (Lipinski definition) is 0. The van der Waals surface area contributed by atoms with Crippen molar-refractivity contribution in [2.45, 2.75) is 65.3 Å². The molecule has 2 aliphatic rings. The third-order valence-electron chi connectivity index (χ3n) is 6.39. The van der Waals surface area contributed by atoms with Crippen LogP contribution in [0.4, 0.5) is 0 Å². The topological polar surface area (TPSA) is 71.3 Å². The van der Waals surface area contributed by atoms with Gasteiger partial charge in [0, 0.05) is 37.9 Å². The monoisotopic (exact) mass is 411 g/mol. The predicted molar refractivity (Wildman–Crippen MR) is 116 cm³/mol. The Hall–Kier alpha value is -2.44. The van der Waals surface area contributed by atoms with Gasteiger partial charge in [-0.2, -0.15) is 5.10 Å². The number of carbonyl (C=O) groups is 2. The lowest BCUT2D eigenvalue weighted by Gasteiger charge is -2.35. The molecule has 2 fully saturated rings. The summed E-state index contributed by atoms with van der Waals surface area (Å²) >= 11 is 0. The molecule has 0 aromatic carbocycles. The molecule has 2 aromatic rings. The lowest BCUT2D eigenvalue weighted by Crippen LogP contribution is -2.47. The lowest BCUT2D eigenvalue weighted by molar-refractivity contribution is -0.136. The van der Waals surface area contributed by atoms with Crippen LogP contribution in [0, 0.1) is 12.8 Å². The molecule has 4 rings (SSSR count). The number of rotatable bonds is 3. The highest BCUT2D eigenvalue weighted by Crippen LogP contribution is 2.26. The Balaban J connectivity index is 1.55. The molecular formula is C23H33N5O2. The van der Waals surface area contributed by atoms with Crippen molar-refractivity contribution in [3.8, 4) is 0 Å². The Morgan fingerprint density at radius 1 is 1.03 bits per heavy atom. The van der Waals surface area contributed by atoms with E-state index in [0.29, 0.717) is 18.7 Å². The molecule has 0 spiro atoms. The van der Waals surface area contributed by atoms with E-state index in [-0.39, 0.29) is 23.8 Å². The molecule has 0 bridgehead atoms. The van der Waals surface area contributed by atoms with E-state index in [0.717, 1.165) is 55.5 Å².